The number of nitrogens with two attached hydrogens (primary N) is 1. The molecule has 0 amide bonds. The van der Waals surface area contributed by atoms with E-state index in [1.54, 1.807) is 11.6 Å². The van der Waals surface area contributed by atoms with Gasteiger partial charge in [-0.05, 0) is 34.1 Å². The van der Waals surface area contributed by atoms with Crippen molar-refractivity contribution in [3.63, 3.8) is 0 Å². The van der Waals surface area contributed by atoms with Gasteiger partial charge in [-0.15, -0.1) is 10.2 Å². The molecule has 0 saturated carbocycles. The molecular weight excluding hydrogens is 324 g/mol. The summed E-state index contributed by atoms with van der Waals surface area (Å²) in [4.78, 5) is 1.00. The van der Waals surface area contributed by atoms with E-state index < -0.39 is 0 Å². The first-order chi connectivity index (χ1) is 8.20. The first kappa shape index (κ1) is 12.3. The molecule has 0 aliphatic carbocycles. The van der Waals surface area contributed by atoms with Crippen LogP contribution in [-0.4, -0.2) is 21.2 Å². The molecule has 0 radical (unpaired) electrons. The largest absolute Gasteiger partial charge is 0.409 e. The fourth-order valence-corrected chi connectivity index (χ4v) is 3.35. The van der Waals surface area contributed by atoms with Crippen LogP contribution >= 0.6 is 39.0 Å². The number of hydrogen-bond donors (Lipinski definition) is 2. The highest BCUT2D eigenvalue weighted by Gasteiger charge is 2.07. The van der Waals surface area contributed by atoms with Crippen molar-refractivity contribution >= 4 is 44.9 Å². The van der Waals surface area contributed by atoms with E-state index in [2.05, 4.69) is 31.3 Å². The average molecular weight is 331 g/mol. The van der Waals surface area contributed by atoms with Gasteiger partial charge in [-0.2, -0.15) is 0 Å². The Bertz CT molecular complexity index is 544. The number of aromatic nitrogens is 2. The van der Waals surface area contributed by atoms with E-state index in [4.69, 9.17) is 10.9 Å². The van der Waals surface area contributed by atoms with Gasteiger partial charge in [-0.3, -0.25) is 0 Å². The van der Waals surface area contributed by atoms with Gasteiger partial charge in [0, 0.05) is 14.9 Å². The Morgan fingerprint density at radius 3 is 2.94 bits per heavy atom. The summed E-state index contributed by atoms with van der Waals surface area (Å²) in [5, 5.41) is 19.3. The van der Waals surface area contributed by atoms with Crippen LogP contribution in [0, 0.1) is 0 Å². The second-order valence-electron chi connectivity index (χ2n) is 2.93. The van der Waals surface area contributed by atoms with Gasteiger partial charge in [0.15, 0.2) is 10.2 Å². The highest BCUT2D eigenvalue weighted by molar-refractivity contribution is 9.10. The Balaban J connectivity index is 2.25. The molecule has 0 saturated heterocycles. The quantitative estimate of drug-likeness (QED) is 0.391. The summed E-state index contributed by atoms with van der Waals surface area (Å²) in [5.74, 6) is 0.0735. The summed E-state index contributed by atoms with van der Waals surface area (Å²) < 4.78 is 1.63. The number of benzene rings is 1. The standard InChI is InChI=1S/C9H7BrN4OS2/c10-7-3-5(17-9-13-12-4-16-9)1-2-6(7)8(11)14-15/h1-4,15H,(H2,11,14). The van der Waals surface area contributed by atoms with Gasteiger partial charge in [0.2, 0.25) is 0 Å². The minimum Gasteiger partial charge on any atom is -0.409 e. The smallest absolute Gasteiger partial charge is 0.178 e. The Hall–Kier alpha value is -1.12. The zero-order valence-electron chi connectivity index (χ0n) is 8.37. The molecule has 1 aromatic heterocycles. The van der Waals surface area contributed by atoms with Crippen molar-refractivity contribution in [1.82, 2.24) is 10.2 Å². The van der Waals surface area contributed by atoms with Crippen molar-refractivity contribution in [3.05, 3.63) is 33.7 Å². The third-order valence-corrected chi connectivity index (χ3v) is 4.29. The van der Waals surface area contributed by atoms with Crippen molar-refractivity contribution in [2.75, 3.05) is 0 Å². The molecule has 0 atom stereocenters. The van der Waals surface area contributed by atoms with E-state index in [1.165, 1.54) is 23.1 Å². The second kappa shape index (κ2) is 5.48. The van der Waals surface area contributed by atoms with E-state index >= 15 is 0 Å². The third kappa shape index (κ3) is 2.96. The number of amidine groups is 1. The van der Waals surface area contributed by atoms with Gasteiger partial charge >= 0.3 is 0 Å². The summed E-state index contributed by atoms with van der Waals surface area (Å²) in [5.41, 5.74) is 7.85. The van der Waals surface area contributed by atoms with Crippen LogP contribution in [0.2, 0.25) is 0 Å². The molecule has 8 heteroatoms. The molecule has 2 aromatic rings. The molecule has 0 spiro atoms. The topological polar surface area (TPSA) is 84.4 Å². The predicted molar refractivity (Wildman–Crippen MR) is 70.7 cm³/mol. The van der Waals surface area contributed by atoms with Gasteiger partial charge in [0.25, 0.3) is 0 Å². The van der Waals surface area contributed by atoms with Crippen LogP contribution in [0.1, 0.15) is 5.56 Å². The zero-order chi connectivity index (χ0) is 12.3. The van der Waals surface area contributed by atoms with E-state index in [9.17, 15) is 0 Å². The third-order valence-electron chi connectivity index (χ3n) is 1.87. The fourth-order valence-electron chi connectivity index (χ4n) is 1.13. The van der Waals surface area contributed by atoms with Crippen molar-refractivity contribution in [3.8, 4) is 0 Å². The zero-order valence-corrected chi connectivity index (χ0v) is 11.6. The van der Waals surface area contributed by atoms with Crippen LogP contribution in [0.5, 0.6) is 0 Å². The average Bonchev–Trinajstić information content (AvgIpc) is 2.81. The molecule has 0 bridgehead atoms. The molecule has 1 heterocycles. The maximum absolute atomic E-state index is 8.61. The summed E-state index contributed by atoms with van der Waals surface area (Å²) >= 11 is 6.36. The van der Waals surface area contributed by atoms with Gasteiger partial charge in [-0.1, -0.05) is 28.3 Å². The molecule has 0 aliphatic heterocycles. The Morgan fingerprint density at radius 1 is 1.53 bits per heavy atom. The molecule has 3 N–H and O–H groups in total. The highest BCUT2D eigenvalue weighted by atomic mass is 79.9. The van der Waals surface area contributed by atoms with Crippen molar-refractivity contribution in [2.45, 2.75) is 9.24 Å². The maximum atomic E-state index is 8.61. The van der Waals surface area contributed by atoms with Crippen LogP contribution in [-0.2, 0) is 0 Å². The van der Waals surface area contributed by atoms with Crippen molar-refractivity contribution < 1.29 is 5.21 Å². The molecular formula is C9H7BrN4OS2. The van der Waals surface area contributed by atoms with Gasteiger partial charge < -0.3 is 10.9 Å². The second-order valence-corrected chi connectivity index (χ2v) is 5.94. The minimum atomic E-state index is 0.0735. The molecule has 0 aliphatic rings. The first-order valence-electron chi connectivity index (χ1n) is 4.42. The summed E-state index contributed by atoms with van der Waals surface area (Å²) in [6, 6.07) is 5.55. The predicted octanol–water partition coefficient (Wildman–Crippen LogP) is 2.55. The summed E-state index contributed by atoms with van der Waals surface area (Å²) in [6.45, 7) is 0. The molecule has 1 aromatic carbocycles. The molecule has 5 nitrogen and oxygen atoms in total. The van der Waals surface area contributed by atoms with Crippen molar-refractivity contribution in [2.24, 2.45) is 10.9 Å². The lowest BCUT2D eigenvalue weighted by Crippen LogP contribution is -2.13. The van der Waals surface area contributed by atoms with E-state index in [1.807, 2.05) is 12.1 Å². The van der Waals surface area contributed by atoms with Gasteiger partial charge in [0.05, 0.1) is 0 Å². The molecule has 0 fully saturated rings. The number of rotatable bonds is 3. The first-order valence-corrected chi connectivity index (χ1v) is 6.91. The summed E-state index contributed by atoms with van der Waals surface area (Å²) in [6.07, 6.45) is 0. The fraction of sp³-hybridized carbons (Fsp3) is 0. The Morgan fingerprint density at radius 2 is 2.35 bits per heavy atom. The molecule has 2 rings (SSSR count). The number of oxime groups is 1. The van der Waals surface area contributed by atoms with Crippen LogP contribution in [0.25, 0.3) is 0 Å². The van der Waals surface area contributed by atoms with Crippen LogP contribution in [0.4, 0.5) is 0 Å². The van der Waals surface area contributed by atoms with E-state index in [-0.39, 0.29) is 5.84 Å². The van der Waals surface area contributed by atoms with Crippen LogP contribution in [0.15, 0.2) is 42.6 Å². The number of nitrogens with zero attached hydrogens (tertiary/aromatic N) is 3. The van der Waals surface area contributed by atoms with Gasteiger partial charge in [0.1, 0.15) is 5.51 Å². The number of hydrogen-bond acceptors (Lipinski definition) is 6. The molecule has 0 unspecified atom stereocenters. The molecule has 88 valence electrons. The maximum Gasteiger partial charge on any atom is 0.178 e. The lowest BCUT2D eigenvalue weighted by atomic mass is 10.2. The van der Waals surface area contributed by atoms with Crippen LogP contribution in [0.3, 0.4) is 0 Å². The van der Waals surface area contributed by atoms with E-state index in [0.717, 1.165) is 13.7 Å². The monoisotopic (exact) mass is 330 g/mol. The number of halogens is 1. The normalized spacial score (nSPS) is 11.7. The van der Waals surface area contributed by atoms with Crippen LogP contribution < -0.4 is 5.73 Å². The lowest BCUT2D eigenvalue weighted by Gasteiger charge is -2.04. The Kier molecular flexibility index (Phi) is 3.97. The lowest BCUT2D eigenvalue weighted by molar-refractivity contribution is 0.318. The minimum absolute atomic E-state index is 0.0735. The summed E-state index contributed by atoms with van der Waals surface area (Å²) in [7, 11) is 0. The molecule has 17 heavy (non-hydrogen) atoms. The van der Waals surface area contributed by atoms with E-state index in [0.29, 0.717) is 5.56 Å². The Labute approximate surface area is 114 Å². The van der Waals surface area contributed by atoms with Gasteiger partial charge in [-0.25, -0.2) is 0 Å². The SMILES string of the molecule is N/C(=N/O)c1ccc(Sc2nncs2)cc1Br. The van der Waals surface area contributed by atoms with Crippen molar-refractivity contribution in [1.29, 1.82) is 0 Å². The highest BCUT2D eigenvalue weighted by Crippen LogP contribution is 2.31.